The van der Waals surface area contributed by atoms with Gasteiger partial charge in [-0.2, -0.15) is 0 Å². The normalized spacial score (nSPS) is 26.3. The van der Waals surface area contributed by atoms with Crippen LogP contribution in [0.1, 0.15) is 74.0 Å². The van der Waals surface area contributed by atoms with Gasteiger partial charge in [-0.1, -0.05) is 24.3 Å². The molecule has 2 heterocycles. The molecule has 32 heavy (non-hydrogen) atoms. The fourth-order valence-electron chi connectivity index (χ4n) is 3.97. The molecule has 9 heteroatoms. The molecule has 176 valence electrons. The SMILES string of the molecule is CC(C)(C)OC(=O)N1[C@H](C(=O)O)[C@@H](c2ccccc2B2OC(C)(C)C(C)(C)O2)OC1(C)C. The molecule has 2 aliphatic rings. The second-order valence-electron chi connectivity index (χ2n) is 10.8. The summed E-state index contributed by atoms with van der Waals surface area (Å²) in [7, 11) is -0.701. The van der Waals surface area contributed by atoms with E-state index in [1.165, 1.54) is 0 Å². The number of hydrogen-bond acceptors (Lipinski definition) is 6. The molecule has 0 saturated carbocycles. The van der Waals surface area contributed by atoms with Crippen molar-refractivity contribution in [3.63, 3.8) is 0 Å². The van der Waals surface area contributed by atoms with Crippen molar-refractivity contribution in [2.75, 3.05) is 0 Å². The third-order valence-electron chi connectivity index (χ3n) is 6.21. The first-order valence-corrected chi connectivity index (χ1v) is 10.8. The Morgan fingerprint density at radius 3 is 2.06 bits per heavy atom. The predicted molar refractivity (Wildman–Crippen MR) is 120 cm³/mol. The molecular formula is C23H34BNO7. The Hall–Kier alpha value is -2.10. The maximum atomic E-state index is 13.0. The highest BCUT2D eigenvalue weighted by molar-refractivity contribution is 6.62. The van der Waals surface area contributed by atoms with Crippen molar-refractivity contribution in [2.45, 2.75) is 97.0 Å². The number of carboxylic acids is 1. The van der Waals surface area contributed by atoms with Crippen molar-refractivity contribution in [3.05, 3.63) is 29.8 Å². The fourth-order valence-corrected chi connectivity index (χ4v) is 3.97. The van der Waals surface area contributed by atoms with Gasteiger partial charge < -0.3 is 23.9 Å². The Bertz CT molecular complexity index is 890. The van der Waals surface area contributed by atoms with Crippen molar-refractivity contribution >= 4 is 24.6 Å². The largest absolute Gasteiger partial charge is 0.495 e. The number of carbonyl (C=O) groups excluding carboxylic acids is 1. The van der Waals surface area contributed by atoms with E-state index in [2.05, 4.69) is 0 Å². The highest BCUT2D eigenvalue weighted by Gasteiger charge is 2.57. The van der Waals surface area contributed by atoms with Gasteiger partial charge in [-0.25, -0.2) is 9.59 Å². The van der Waals surface area contributed by atoms with E-state index in [4.69, 9.17) is 18.8 Å². The lowest BCUT2D eigenvalue weighted by Crippen LogP contribution is -2.52. The number of rotatable bonds is 3. The van der Waals surface area contributed by atoms with Crippen LogP contribution in [0.3, 0.4) is 0 Å². The second kappa shape index (κ2) is 7.75. The minimum absolute atomic E-state index is 0.560. The van der Waals surface area contributed by atoms with Crippen LogP contribution in [0.4, 0.5) is 4.79 Å². The molecule has 2 aliphatic heterocycles. The number of aliphatic carboxylic acids is 1. The Morgan fingerprint density at radius 2 is 1.56 bits per heavy atom. The summed E-state index contributed by atoms with van der Waals surface area (Å²) in [6.45, 7) is 16.3. The molecule has 1 N–H and O–H groups in total. The van der Waals surface area contributed by atoms with Crippen LogP contribution in [0.15, 0.2) is 24.3 Å². The van der Waals surface area contributed by atoms with E-state index in [1.807, 2.05) is 39.8 Å². The summed E-state index contributed by atoms with van der Waals surface area (Å²) in [5, 5.41) is 10.1. The molecular weight excluding hydrogens is 413 g/mol. The Kier molecular flexibility index (Phi) is 5.94. The zero-order valence-electron chi connectivity index (χ0n) is 20.4. The van der Waals surface area contributed by atoms with Gasteiger partial charge in [0.1, 0.15) is 17.4 Å². The lowest BCUT2D eigenvalue weighted by atomic mass is 9.74. The van der Waals surface area contributed by atoms with Crippen molar-refractivity contribution in [2.24, 2.45) is 0 Å². The van der Waals surface area contributed by atoms with E-state index >= 15 is 0 Å². The van der Waals surface area contributed by atoms with Crippen molar-refractivity contribution in [1.29, 1.82) is 0 Å². The smallest absolute Gasteiger partial charge is 0.480 e. The molecule has 0 unspecified atom stereocenters. The summed E-state index contributed by atoms with van der Waals surface area (Å²) in [5.74, 6) is -1.19. The minimum Gasteiger partial charge on any atom is -0.480 e. The third-order valence-corrected chi connectivity index (χ3v) is 6.21. The highest BCUT2D eigenvalue weighted by Crippen LogP contribution is 2.43. The summed E-state index contributed by atoms with van der Waals surface area (Å²) < 4.78 is 24.1. The van der Waals surface area contributed by atoms with E-state index in [9.17, 15) is 14.7 Å². The summed E-state index contributed by atoms with van der Waals surface area (Å²) in [6.07, 6.45) is -1.68. The van der Waals surface area contributed by atoms with E-state index in [1.54, 1.807) is 46.8 Å². The van der Waals surface area contributed by atoms with E-state index in [0.29, 0.717) is 11.0 Å². The van der Waals surface area contributed by atoms with Crippen LogP contribution in [-0.2, 0) is 23.6 Å². The van der Waals surface area contributed by atoms with Crippen LogP contribution in [0.2, 0.25) is 0 Å². The van der Waals surface area contributed by atoms with Gasteiger partial charge >= 0.3 is 19.2 Å². The number of hydrogen-bond donors (Lipinski definition) is 1. The van der Waals surface area contributed by atoms with Crippen LogP contribution in [0, 0.1) is 0 Å². The molecule has 1 amide bonds. The Labute approximate surface area is 190 Å². The topological polar surface area (TPSA) is 94.5 Å². The number of carbonyl (C=O) groups is 2. The first-order chi connectivity index (χ1) is 14.5. The summed E-state index contributed by atoms with van der Waals surface area (Å²) in [6, 6.07) is 5.97. The second-order valence-corrected chi connectivity index (χ2v) is 10.8. The van der Waals surface area contributed by atoms with Gasteiger partial charge in [-0.05, 0) is 73.3 Å². The first-order valence-electron chi connectivity index (χ1n) is 10.8. The van der Waals surface area contributed by atoms with Gasteiger partial charge in [-0.15, -0.1) is 0 Å². The average molecular weight is 447 g/mol. The van der Waals surface area contributed by atoms with Gasteiger partial charge in [0.15, 0.2) is 6.04 Å². The molecule has 3 rings (SSSR count). The van der Waals surface area contributed by atoms with Gasteiger partial charge in [0.2, 0.25) is 0 Å². The van der Waals surface area contributed by atoms with E-state index in [-0.39, 0.29) is 0 Å². The van der Waals surface area contributed by atoms with E-state index < -0.39 is 53.9 Å². The molecule has 0 radical (unpaired) electrons. The van der Waals surface area contributed by atoms with E-state index in [0.717, 1.165) is 4.90 Å². The summed E-state index contributed by atoms with van der Waals surface area (Å²) in [5.41, 5.74) is -1.85. The van der Waals surface area contributed by atoms with Crippen molar-refractivity contribution in [1.82, 2.24) is 4.90 Å². The maximum absolute atomic E-state index is 13.0. The van der Waals surface area contributed by atoms with Gasteiger partial charge in [0.25, 0.3) is 0 Å². The van der Waals surface area contributed by atoms with Gasteiger partial charge in [0, 0.05) is 0 Å². The zero-order chi connectivity index (χ0) is 24.3. The first kappa shape index (κ1) is 24.5. The summed E-state index contributed by atoms with van der Waals surface area (Å²) in [4.78, 5) is 26.6. The molecule has 0 aliphatic carbocycles. The number of carboxylic acid groups (broad SMARTS) is 1. The quantitative estimate of drug-likeness (QED) is 0.709. The third kappa shape index (κ3) is 4.38. The predicted octanol–water partition coefficient (Wildman–Crippen LogP) is 3.48. The lowest BCUT2D eigenvalue weighted by molar-refractivity contribution is -0.143. The van der Waals surface area contributed by atoms with Crippen molar-refractivity contribution in [3.8, 4) is 0 Å². The zero-order valence-corrected chi connectivity index (χ0v) is 20.4. The average Bonchev–Trinajstić information content (AvgIpc) is 3.02. The van der Waals surface area contributed by atoms with Gasteiger partial charge in [-0.3, -0.25) is 4.90 Å². The summed E-state index contributed by atoms with van der Waals surface area (Å²) >= 11 is 0. The van der Waals surface area contributed by atoms with Crippen LogP contribution in [0.5, 0.6) is 0 Å². The molecule has 1 aromatic carbocycles. The minimum atomic E-state index is -1.29. The molecule has 0 spiro atoms. The van der Waals surface area contributed by atoms with Crippen LogP contribution in [-0.4, -0.2) is 57.8 Å². The number of nitrogens with zero attached hydrogens (tertiary/aromatic N) is 1. The van der Waals surface area contributed by atoms with Crippen LogP contribution in [0.25, 0.3) is 0 Å². The molecule has 0 bridgehead atoms. The lowest BCUT2D eigenvalue weighted by Gasteiger charge is -2.33. The molecule has 2 fully saturated rings. The number of ether oxygens (including phenoxy) is 2. The number of amides is 1. The standard InChI is InChI=1S/C23H34BNO7/c1-20(2,3)30-19(28)25-16(18(26)27)17(29-23(25,8)9)14-12-10-11-13-15(14)24-31-21(4,5)22(6,7)32-24/h10-13,16-17H,1-9H3,(H,26,27)/t16-,17+/m0/s1. The maximum Gasteiger partial charge on any atom is 0.495 e. The van der Waals surface area contributed by atoms with Gasteiger partial charge in [0.05, 0.1) is 11.2 Å². The van der Waals surface area contributed by atoms with Crippen molar-refractivity contribution < 1.29 is 33.5 Å². The molecule has 0 aromatic heterocycles. The van der Waals surface area contributed by atoms with Crippen LogP contribution >= 0.6 is 0 Å². The Morgan fingerprint density at radius 1 is 1.03 bits per heavy atom. The highest BCUT2D eigenvalue weighted by atomic mass is 16.7. The Balaban J connectivity index is 2.03. The monoisotopic (exact) mass is 447 g/mol. The molecule has 1 aromatic rings. The molecule has 8 nitrogen and oxygen atoms in total. The molecule has 2 atom stereocenters. The van der Waals surface area contributed by atoms with Crippen LogP contribution < -0.4 is 5.46 Å². The fraction of sp³-hybridized carbons (Fsp3) is 0.652. The molecule has 2 saturated heterocycles. The number of benzene rings is 1.